The van der Waals surface area contributed by atoms with Gasteiger partial charge >= 0.3 is 25.0 Å². The van der Waals surface area contributed by atoms with Gasteiger partial charge in [0.1, 0.15) is 11.8 Å². The number of rotatable bonds is 7. The van der Waals surface area contributed by atoms with Gasteiger partial charge in [-0.2, -0.15) is 0 Å². The smallest absolute Gasteiger partial charge is 0.526 e. The number of benzene rings is 1. The monoisotopic (exact) mass is 527 g/mol. The number of likely N-dealkylation sites (N-methyl/N-ethyl adjacent to an activating group) is 1. The summed E-state index contributed by atoms with van der Waals surface area (Å²) in [4.78, 5) is 69.2. The molecule has 194 valence electrons. The maximum absolute atomic E-state index is 13.4. The molecule has 3 heterocycles. The van der Waals surface area contributed by atoms with Crippen molar-refractivity contribution in [1.29, 1.82) is 0 Å². The molecule has 1 fully saturated rings. The third-order valence-corrected chi connectivity index (χ3v) is 7.12. The Balaban J connectivity index is 1.52. The molecule has 1 aromatic heterocycles. The number of carbonyl (C=O) groups excluding carboxylic acids is 5. The van der Waals surface area contributed by atoms with E-state index in [-0.39, 0.29) is 48.3 Å². The highest BCUT2D eigenvalue weighted by molar-refractivity contribution is 7.13. The van der Waals surface area contributed by atoms with Crippen LogP contribution in [-0.4, -0.2) is 76.0 Å². The Hall–Kier alpha value is -3.78. The molecule has 0 spiro atoms. The number of amides is 4. The lowest BCUT2D eigenvalue weighted by molar-refractivity contribution is -0.153. The molecule has 2 aliphatic rings. The minimum absolute atomic E-state index is 0.0190. The van der Waals surface area contributed by atoms with Crippen LogP contribution in [0.25, 0.3) is 0 Å². The van der Waals surface area contributed by atoms with Gasteiger partial charge in [-0.3, -0.25) is 24.1 Å². The number of Topliss-reactive ketones (excluding diaryl/α,β-unsaturated/α-hetero) is 2. The Labute approximate surface area is 216 Å². The van der Waals surface area contributed by atoms with Gasteiger partial charge in [-0.05, 0) is 31.9 Å². The first-order valence-corrected chi connectivity index (χ1v) is 12.6. The number of ketones is 2. The summed E-state index contributed by atoms with van der Waals surface area (Å²) in [6.07, 6.45) is 0.0545. The number of carbonyl (C=O) groups is 5. The van der Waals surface area contributed by atoms with Crippen LogP contribution in [0.1, 0.15) is 47.9 Å². The Bertz CT molecular complexity index is 1270. The van der Waals surface area contributed by atoms with Gasteiger partial charge < -0.3 is 25.6 Å². The van der Waals surface area contributed by atoms with E-state index in [9.17, 15) is 29.0 Å². The molecule has 4 N–H and O–H groups in total. The summed E-state index contributed by atoms with van der Waals surface area (Å²) in [6.45, 7) is 3.63. The van der Waals surface area contributed by atoms with Crippen molar-refractivity contribution in [3.8, 4) is 5.75 Å². The van der Waals surface area contributed by atoms with Gasteiger partial charge in [0.15, 0.2) is 16.7 Å². The lowest BCUT2D eigenvalue weighted by Gasteiger charge is -2.33. The van der Waals surface area contributed by atoms with Gasteiger partial charge in [-0.15, -0.1) is 11.3 Å². The Morgan fingerprint density at radius 2 is 2.05 bits per heavy atom. The number of piperazine rings is 1. The first kappa shape index (κ1) is 26.3. The molecule has 1 unspecified atom stereocenters. The molecule has 4 amide bonds. The van der Waals surface area contributed by atoms with Gasteiger partial charge in [-0.25, -0.2) is 9.78 Å². The van der Waals surface area contributed by atoms with Crippen LogP contribution in [0, 0.1) is 0 Å². The number of fused-ring (bicyclic) bond motifs is 1. The quantitative estimate of drug-likeness (QED) is 0.268. The number of hydrogen-bond donors (Lipinski definition) is 3. The van der Waals surface area contributed by atoms with Crippen molar-refractivity contribution in [3.05, 3.63) is 40.4 Å². The van der Waals surface area contributed by atoms with E-state index in [1.54, 1.807) is 25.1 Å². The van der Waals surface area contributed by atoms with Crippen molar-refractivity contribution in [2.45, 2.75) is 38.5 Å². The van der Waals surface area contributed by atoms with Crippen LogP contribution in [-0.2, 0) is 20.8 Å². The van der Waals surface area contributed by atoms with E-state index in [1.807, 2.05) is 0 Å². The van der Waals surface area contributed by atoms with Gasteiger partial charge in [-0.1, -0.05) is 12.1 Å². The normalized spacial score (nSPS) is 18.2. The molecule has 14 heteroatoms. The molecular weight excluding hydrogens is 501 g/mol. The molecule has 2 atom stereocenters. The van der Waals surface area contributed by atoms with Crippen LogP contribution in [0.2, 0.25) is 5.82 Å². The molecule has 0 radical (unpaired) electrons. The van der Waals surface area contributed by atoms with Gasteiger partial charge in [0.25, 0.3) is 0 Å². The molecule has 37 heavy (non-hydrogen) atoms. The average molecular weight is 527 g/mol. The average Bonchev–Trinajstić information content (AvgIpc) is 3.29. The van der Waals surface area contributed by atoms with E-state index >= 15 is 0 Å². The number of nitrogens with two attached hydrogens (primary N) is 1. The molecule has 0 saturated carbocycles. The third kappa shape index (κ3) is 5.34. The number of anilines is 1. The molecular formula is C23H26BN5O7S. The highest BCUT2D eigenvalue weighted by Gasteiger charge is 2.41. The first-order valence-electron chi connectivity index (χ1n) is 11.7. The number of urea groups is 1. The van der Waals surface area contributed by atoms with Crippen molar-refractivity contribution in [2.75, 3.05) is 25.4 Å². The molecule has 2 aliphatic heterocycles. The second kappa shape index (κ2) is 10.7. The largest absolute Gasteiger partial charge is 0.535 e. The van der Waals surface area contributed by atoms with Gasteiger partial charge in [0.2, 0.25) is 0 Å². The van der Waals surface area contributed by atoms with Gasteiger partial charge in [0.05, 0.1) is 11.3 Å². The lowest BCUT2D eigenvalue weighted by Crippen LogP contribution is -2.58. The number of hydrogen-bond acceptors (Lipinski definition) is 10. The van der Waals surface area contributed by atoms with Crippen molar-refractivity contribution in [2.24, 2.45) is 0 Å². The zero-order chi connectivity index (χ0) is 26.9. The van der Waals surface area contributed by atoms with Crippen LogP contribution in [0.15, 0.2) is 23.6 Å². The predicted molar refractivity (Wildman–Crippen MR) is 134 cm³/mol. The number of nitrogens with zero attached hydrogens (tertiary/aromatic N) is 3. The summed E-state index contributed by atoms with van der Waals surface area (Å²) in [5.74, 6) is -2.87. The Morgan fingerprint density at radius 1 is 1.30 bits per heavy atom. The highest BCUT2D eigenvalue weighted by atomic mass is 32.1. The van der Waals surface area contributed by atoms with E-state index in [0.717, 1.165) is 16.2 Å². The standard InChI is InChI=1S/C23H26BN5O7S/c1-3-28-7-8-29(21(33)20(28)32)23(34)27-18(16-11-37-22(25)26-16)17(31)10-14-9-13-5-4-6-15(12(2)30)19(13)36-24(14)35/h4-6,11,14,18,35H,3,7-10H2,1-2H3,(H2,25,26)(H,27,34)/t14-,18?/m1/s1. The first-order chi connectivity index (χ1) is 17.6. The van der Waals surface area contributed by atoms with Crippen molar-refractivity contribution < 1.29 is 33.7 Å². The van der Waals surface area contributed by atoms with Crippen LogP contribution < -0.4 is 15.7 Å². The predicted octanol–water partition coefficient (Wildman–Crippen LogP) is 0.814. The van der Waals surface area contributed by atoms with Gasteiger partial charge in [0, 0.05) is 37.3 Å². The number of thiazole rings is 1. The van der Waals surface area contributed by atoms with E-state index in [0.29, 0.717) is 17.7 Å². The van der Waals surface area contributed by atoms with Crippen LogP contribution in [0.5, 0.6) is 5.75 Å². The molecule has 4 rings (SSSR count). The summed E-state index contributed by atoms with van der Waals surface area (Å²) in [6, 6.07) is 2.88. The summed E-state index contributed by atoms with van der Waals surface area (Å²) in [5, 5.41) is 14.8. The van der Waals surface area contributed by atoms with Crippen LogP contribution in [0.4, 0.5) is 9.93 Å². The number of para-hydroxylation sites is 1. The molecule has 0 aliphatic carbocycles. The van der Waals surface area contributed by atoms with Crippen molar-refractivity contribution in [3.63, 3.8) is 0 Å². The number of aromatic nitrogens is 1. The second-order valence-electron chi connectivity index (χ2n) is 8.83. The minimum atomic E-state index is -1.37. The number of nitrogens with one attached hydrogen (secondary N) is 1. The molecule has 0 bridgehead atoms. The maximum Gasteiger partial charge on any atom is 0.526 e. The fraction of sp³-hybridized carbons (Fsp3) is 0.391. The molecule has 1 aromatic carbocycles. The van der Waals surface area contributed by atoms with E-state index in [4.69, 9.17) is 10.4 Å². The summed E-state index contributed by atoms with van der Waals surface area (Å²) in [5.41, 5.74) is 6.93. The van der Waals surface area contributed by atoms with Crippen molar-refractivity contribution in [1.82, 2.24) is 20.1 Å². The molecule has 12 nitrogen and oxygen atoms in total. The van der Waals surface area contributed by atoms with E-state index in [2.05, 4.69) is 10.3 Å². The fourth-order valence-corrected chi connectivity index (χ4v) is 5.02. The lowest BCUT2D eigenvalue weighted by atomic mass is 9.64. The topological polar surface area (TPSA) is 172 Å². The van der Waals surface area contributed by atoms with E-state index < -0.39 is 42.6 Å². The highest BCUT2D eigenvalue weighted by Crippen LogP contribution is 2.37. The summed E-state index contributed by atoms with van der Waals surface area (Å²) >= 11 is 1.07. The summed E-state index contributed by atoms with van der Waals surface area (Å²) < 4.78 is 5.62. The summed E-state index contributed by atoms with van der Waals surface area (Å²) in [7, 11) is -1.37. The maximum atomic E-state index is 13.4. The zero-order valence-electron chi connectivity index (χ0n) is 20.3. The number of nitrogen functional groups attached to an aromatic ring is 1. The van der Waals surface area contributed by atoms with E-state index in [1.165, 1.54) is 17.2 Å². The van der Waals surface area contributed by atoms with Crippen LogP contribution in [0.3, 0.4) is 0 Å². The number of imide groups is 1. The Morgan fingerprint density at radius 3 is 2.70 bits per heavy atom. The second-order valence-corrected chi connectivity index (χ2v) is 9.72. The SMILES string of the molecule is CCN1CCN(C(=O)NC(C(=O)C[C@H]2Cc3cccc(C(C)=O)c3OB2O)c2csc(N)n2)C(=O)C1=O. The Kier molecular flexibility index (Phi) is 7.59. The minimum Gasteiger partial charge on any atom is -0.535 e. The fourth-order valence-electron chi connectivity index (χ4n) is 4.44. The molecule has 2 aromatic rings. The van der Waals surface area contributed by atoms with Crippen LogP contribution >= 0.6 is 11.3 Å². The zero-order valence-corrected chi connectivity index (χ0v) is 21.1. The molecule has 1 saturated heterocycles. The third-order valence-electron chi connectivity index (χ3n) is 6.42. The van der Waals surface area contributed by atoms with Crippen molar-refractivity contribution >= 4 is 53.0 Å².